The van der Waals surface area contributed by atoms with E-state index in [4.69, 9.17) is 5.11 Å². The highest BCUT2D eigenvalue weighted by Gasteiger charge is 2.09. The van der Waals surface area contributed by atoms with E-state index >= 15 is 0 Å². The molecule has 1 aromatic rings. The number of hydrogen-bond donors (Lipinski definition) is 3. The molecule has 12 heavy (non-hydrogen) atoms. The topological polar surface area (TPSA) is 75.1 Å². The van der Waals surface area contributed by atoms with E-state index in [9.17, 15) is 4.79 Å². The Morgan fingerprint density at radius 3 is 2.92 bits per heavy atom. The van der Waals surface area contributed by atoms with Gasteiger partial charge in [0.05, 0.1) is 6.61 Å². The summed E-state index contributed by atoms with van der Waals surface area (Å²) in [7, 11) is 0. The van der Waals surface area contributed by atoms with Gasteiger partial charge in [0.1, 0.15) is 0 Å². The molecule has 0 spiro atoms. The van der Waals surface area contributed by atoms with Crippen molar-refractivity contribution in [3.05, 3.63) is 5.01 Å². The summed E-state index contributed by atoms with van der Waals surface area (Å²) in [5.74, 6) is -0.332. The number of aliphatic hydroxyl groups is 1. The Morgan fingerprint density at radius 2 is 2.42 bits per heavy atom. The molecule has 0 aliphatic rings. The molecule has 1 heterocycles. The highest BCUT2D eigenvalue weighted by molar-refractivity contribution is 7.82. The monoisotopic (exact) mass is 205 g/mol. The lowest BCUT2D eigenvalue weighted by Gasteiger charge is -1.96. The van der Waals surface area contributed by atoms with Gasteiger partial charge in [-0.3, -0.25) is 4.79 Å². The Balaban J connectivity index is 2.53. The maximum atomic E-state index is 11.1. The predicted molar refractivity (Wildman–Crippen MR) is 46.6 cm³/mol. The summed E-state index contributed by atoms with van der Waals surface area (Å²) in [6.45, 7) is 0.137. The van der Waals surface area contributed by atoms with Crippen LogP contribution in [0.3, 0.4) is 0 Å². The van der Waals surface area contributed by atoms with Crippen LogP contribution in [0.1, 0.15) is 9.80 Å². The first kappa shape index (κ1) is 9.43. The largest absolute Gasteiger partial charge is 0.395 e. The smallest absolute Gasteiger partial charge is 0.282 e. The molecule has 0 saturated carbocycles. The minimum Gasteiger partial charge on any atom is -0.395 e. The second-order valence-electron chi connectivity index (χ2n) is 1.87. The number of carbonyl (C=O) groups is 1. The van der Waals surface area contributed by atoms with Crippen LogP contribution in [0, 0.1) is 0 Å². The molecule has 1 amide bonds. The fourth-order valence-electron chi connectivity index (χ4n) is 0.552. The van der Waals surface area contributed by atoms with Gasteiger partial charge in [-0.2, -0.15) is 0 Å². The van der Waals surface area contributed by atoms with Crippen molar-refractivity contribution in [2.24, 2.45) is 0 Å². The van der Waals surface area contributed by atoms with Gasteiger partial charge >= 0.3 is 0 Å². The van der Waals surface area contributed by atoms with Gasteiger partial charge in [0, 0.05) is 6.54 Å². The molecule has 7 heteroatoms. The third-order valence-electron chi connectivity index (χ3n) is 1.01. The van der Waals surface area contributed by atoms with Crippen LogP contribution in [0.4, 0.5) is 0 Å². The van der Waals surface area contributed by atoms with Crippen LogP contribution in [0.5, 0.6) is 0 Å². The number of aromatic nitrogens is 2. The van der Waals surface area contributed by atoms with Crippen LogP contribution in [-0.4, -0.2) is 34.4 Å². The van der Waals surface area contributed by atoms with E-state index in [-0.39, 0.29) is 24.1 Å². The fourth-order valence-corrected chi connectivity index (χ4v) is 1.36. The Bertz CT molecular complexity index is 275. The van der Waals surface area contributed by atoms with Crippen LogP contribution < -0.4 is 5.32 Å². The Kier molecular flexibility index (Phi) is 3.45. The maximum Gasteiger partial charge on any atom is 0.282 e. The summed E-state index contributed by atoms with van der Waals surface area (Å²) in [6, 6.07) is 0. The maximum absolute atomic E-state index is 11.1. The first-order chi connectivity index (χ1) is 5.74. The molecule has 1 aromatic heterocycles. The van der Waals surface area contributed by atoms with E-state index in [2.05, 4.69) is 28.1 Å². The van der Waals surface area contributed by atoms with Crippen LogP contribution in [0.25, 0.3) is 0 Å². The molecular formula is C5H7N3O2S2. The Labute approximate surface area is 78.2 Å². The molecule has 2 N–H and O–H groups in total. The molecule has 0 aliphatic heterocycles. The third-order valence-corrected chi connectivity index (χ3v) is 2.09. The summed E-state index contributed by atoms with van der Waals surface area (Å²) in [5, 5.41) is 18.2. The van der Waals surface area contributed by atoms with Crippen LogP contribution in [0.2, 0.25) is 0 Å². The summed E-state index contributed by atoms with van der Waals surface area (Å²) >= 11 is 5.00. The average molecular weight is 205 g/mol. The standard InChI is InChI=1S/C5H7N3O2S2/c9-2-1-6-3(10)4-7-8-5(11)12-4/h9H,1-2H2,(H,6,10)(H,8,11). The first-order valence-corrected chi connectivity index (χ1v) is 4.42. The van der Waals surface area contributed by atoms with Gasteiger partial charge in [0.15, 0.2) is 4.34 Å². The second-order valence-corrected chi connectivity index (χ2v) is 3.57. The molecular weight excluding hydrogens is 198 g/mol. The number of thiol groups is 1. The number of nitrogens with one attached hydrogen (secondary N) is 1. The minimum atomic E-state index is -0.332. The lowest BCUT2D eigenvalue weighted by atomic mass is 10.6. The first-order valence-electron chi connectivity index (χ1n) is 3.15. The van der Waals surface area contributed by atoms with Crippen molar-refractivity contribution in [3.8, 4) is 0 Å². The van der Waals surface area contributed by atoms with E-state index in [1.54, 1.807) is 0 Å². The number of rotatable bonds is 3. The number of carbonyl (C=O) groups excluding carboxylic acids is 1. The van der Waals surface area contributed by atoms with Crippen LogP contribution in [-0.2, 0) is 0 Å². The molecule has 0 saturated heterocycles. The molecule has 0 atom stereocenters. The van der Waals surface area contributed by atoms with Crippen molar-refractivity contribution >= 4 is 29.9 Å². The molecule has 66 valence electrons. The second kappa shape index (κ2) is 4.39. The van der Waals surface area contributed by atoms with Crippen LogP contribution in [0.15, 0.2) is 4.34 Å². The summed E-state index contributed by atoms with van der Waals surface area (Å²) < 4.78 is 0.448. The molecule has 5 nitrogen and oxygen atoms in total. The van der Waals surface area contributed by atoms with E-state index in [1.165, 1.54) is 0 Å². The number of hydrogen-bond acceptors (Lipinski definition) is 6. The van der Waals surface area contributed by atoms with Gasteiger partial charge in [-0.25, -0.2) is 0 Å². The number of amides is 1. The van der Waals surface area contributed by atoms with Crippen LogP contribution >= 0.6 is 24.0 Å². The summed E-state index contributed by atoms with van der Waals surface area (Å²) in [5.41, 5.74) is 0. The van der Waals surface area contributed by atoms with Gasteiger partial charge in [0.25, 0.3) is 5.91 Å². The SMILES string of the molecule is O=C(NCCO)c1nnc(S)s1. The molecule has 0 aromatic carbocycles. The third kappa shape index (κ3) is 2.43. The van der Waals surface area contributed by atoms with Crippen molar-refractivity contribution in [1.29, 1.82) is 0 Å². The Hall–Kier alpha value is -0.660. The zero-order chi connectivity index (χ0) is 8.97. The molecule has 0 unspecified atom stereocenters. The van der Waals surface area contributed by atoms with Crippen molar-refractivity contribution in [2.75, 3.05) is 13.2 Å². The summed E-state index contributed by atoms with van der Waals surface area (Å²) in [4.78, 5) is 11.1. The lowest BCUT2D eigenvalue weighted by Crippen LogP contribution is -2.26. The highest BCUT2D eigenvalue weighted by atomic mass is 32.2. The van der Waals surface area contributed by atoms with E-state index < -0.39 is 0 Å². The van der Waals surface area contributed by atoms with Gasteiger partial charge in [-0.1, -0.05) is 11.3 Å². The highest BCUT2D eigenvalue weighted by Crippen LogP contribution is 2.12. The van der Waals surface area contributed by atoms with Crippen molar-refractivity contribution in [3.63, 3.8) is 0 Å². The van der Waals surface area contributed by atoms with Gasteiger partial charge < -0.3 is 10.4 Å². The van der Waals surface area contributed by atoms with E-state index in [0.717, 1.165) is 11.3 Å². The molecule has 0 fully saturated rings. The number of nitrogens with zero attached hydrogens (tertiary/aromatic N) is 2. The minimum absolute atomic E-state index is 0.0850. The van der Waals surface area contributed by atoms with E-state index in [0.29, 0.717) is 4.34 Å². The lowest BCUT2D eigenvalue weighted by molar-refractivity contribution is 0.0943. The van der Waals surface area contributed by atoms with Gasteiger partial charge in [0.2, 0.25) is 5.01 Å². The zero-order valence-corrected chi connectivity index (χ0v) is 7.73. The normalized spacial score (nSPS) is 9.83. The zero-order valence-electron chi connectivity index (χ0n) is 6.02. The van der Waals surface area contributed by atoms with Gasteiger partial charge in [-0.15, -0.1) is 22.8 Å². The predicted octanol–water partition coefficient (Wildman–Crippen LogP) is -0.451. The van der Waals surface area contributed by atoms with Gasteiger partial charge in [-0.05, 0) is 0 Å². The van der Waals surface area contributed by atoms with Crippen molar-refractivity contribution in [1.82, 2.24) is 15.5 Å². The number of aliphatic hydroxyl groups excluding tert-OH is 1. The fraction of sp³-hybridized carbons (Fsp3) is 0.400. The van der Waals surface area contributed by atoms with E-state index in [1.807, 2.05) is 0 Å². The van der Waals surface area contributed by atoms with Crippen molar-refractivity contribution < 1.29 is 9.90 Å². The van der Waals surface area contributed by atoms with Crippen molar-refractivity contribution in [2.45, 2.75) is 4.34 Å². The molecule has 0 bridgehead atoms. The average Bonchev–Trinajstić information content (AvgIpc) is 2.47. The molecule has 1 rings (SSSR count). The Morgan fingerprint density at radius 1 is 1.67 bits per heavy atom. The summed E-state index contributed by atoms with van der Waals surface area (Å²) in [6.07, 6.45) is 0. The quantitative estimate of drug-likeness (QED) is 0.584. The molecule has 0 aliphatic carbocycles. The molecule has 0 radical (unpaired) electrons.